The van der Waals surface area contributed by atoms with Crippen molar-refractivity contribution >= 4 is 17.7 Å². The van der Waals surface area contributed by atoms with Gasteiger partial charge >= 0.3 is 17.9 Å². The number of alkyl halides is 2. The molecular weight excluding hydrogens is 326 g/mol. The van der Waals surface area contributed by atoms with E-state index in [1.807, 2.05) is 0 Å². The van der Waals surface area contributed by atoms with Gasteiger partial charge in [-0.25, -0.2) is 9.59 Å². The Morgan fingerprint density at radius 3 is 2.58 bits per heavy atom. The van der Waals surface area contributed by atoms with E-state index in [0.717, 1.165) is 0 Å². The Balaban J connectivity index is 1.96. The summed E-state index contributed by atoms with van der Waals surface area (Å²) in [6.45, 7) is 0.975. The van der Waals surface area contributed by atoms with Crippen LogP contribution in [0.5, 0.6) is 0 Å². The number of anilines is 1. The fraction of sp³-hybridized carbons (Fsp3) is 0.643. The second-order valence-corrected chi connectivity index (χ2v) is 5.65. The molecule has 1 aromatic heterocycles. The van der Waals surface area contributed by atoms with Gasteiger partial charge in [0, 0.05) is 39.2 Å². The van der Waals surface area contributed by atoms with Gasteiger partial charge in [-0.05, 0) is 6.92 Å². The fourth-order valence-electron chi connectivity index (χ4n) is 2.49. The van der Waals surface area contributed by atoms with Gasteiger partial charge in [0.25, 0.3) is 0 Å². The number of ether oxygens (including phenoxy) is 1. The average Bonchev–Trinajstić information content (AvgIpc) is 2.93. The third-order valence-corrected chi connectivity index (χ3v) is 3.95. The second kappa shape index (κ2) is 6.71. The number of amides is 2. The molecule has 2 rings (SSSR count). The van der Waals surface area contributed by atoms with Crippen molar-refractivity contribution in [2.75, 3.05) is 25.0 Å². The lowest BCUT2D eigenvalue weighted by Gasteiger charge is -2.41. The molecule has 1 aliphatic heterocycles. The van der Waals surface area contributed by atoms with Crippen LogP contribution in [0.1, 0.15) is 19.8 Å². The lowest BCUT2D eigenvalue weighted by Crippen LogP contribution is -2.60. The van der Waals surface area contributed by atoms with Gasteiger partial charge in [0.2, 0.25) is 0 Å². The number of nitrogens with zero attached hydrogens (tertiary/aromatic N) is 3. The zero-order valence-electron chi connectivity index (χ0n) is 13.5. The van der Waals surface area contributed by atoms with Gasteiger partial charge in [-0.3, -0.25) is 4.68 Å². The molecule has 1 aliphatic rings. The van der Waals surface area contributed by atoms with Crippen LogP contribution >= 0.6 is 0 Å². The summed E-state index contributed by atoms with van der Waals surface area (Å²) in [5.74, 6) is -5.77. The van der Waals surface area contributed by atoms with E-state index in [0.29, 0.717) is 5.69 Å². The molecule has 1 saturated heterocycles. The summed E-state index contributed by atoms with van der Waals surface area (Å²) in [6.07, 6.45) is 2.18. The van der Waals surface area contributed by atoms with Crippen molar-refractivity contribution < 1.29 is 28.2 Å². The topological polar surface area (TPSA) is 96.7 Å². The molecule has 0 bridgehead atoms. The molecule has 24 heavy (non-hydrogen) atoms. The average molecular weight is 346 g/mol. The molecule has 0 unspecified atom stereocenters. The number of hydrogen-bond donors (Lipinski definition) is 2. The molecule has 0 saturated carbocycles. The number of carbonyl (C=O) groups is 2. The van der Waals surface area contributed by atoms with E-state index in [9.17, 15) is 23.5 Å². The van der Waals surface area contributed by atoms with Crippen molar-refractivity contribution in [2.24, 2.45) is 7.05 Å². The zero-order chi connectivity index (χ0) is 18.0. The molecule has 134 valence electrons. The fourth-order valence-corrected chi connectivity index (χ4v) is 2.49. The quantitative estimate of drug-likeness (QED) is 0.792. The highest BCUT2D eigenvalue weighted by molar-refractivity contribution is 5.89. The molecular formula is C14H20F2N4O4. The standard InChI is InChI=1S/C14H20F2N4O4/c1-3-24-11(21)14(15,16)13(23)4-6-20(7-5-13)12(22)18-10-8-17-19(2)9-10/h8-9,23H,3-7H2,1-2H3,(H,18,22). The number of halogens is 2. The summed E-state index contributed by atoms with van der Waals surface area (Å²) in [6, 6.07) is -0.482. The van der Waals surface area contributed by atoms with E-state index in [1.165, 1.54) is 22.7 Å². The summed E-state index contributed by atoms with van der Waals surface area (Å²) in [5, 5.41) is 16.7. The van der Waals surface area contributed by atoms with Crippen LogP contribution < -0.4 is 5.32 Å². The number of aliphatic hydroxyl groups is 1. The molecule has 2 N–H and O–H groups in total. The van der Waals surface area contributed by atoms with E-state index in [-0.39, 0.29) is 19.7 Å². The molecule has 2 heterocycles. The van der Waals surface area contributed by atoms with E-state index in [4.69, 9.17) is 0 Å². The van der Waals surface area contributed by atoms with Crippen molar-refractivity contribution in [3.63, 3.8) is 0 Å². The molecule has 0 radical (unpaired) electrons. The summed E-state index contributed by atoms with van der Waals surface area (Å²) < 4.78 is 34.0. The monoisotopic (exact) mass is 346 g/mol. The molecule has 1 fully saturated rings. The molecule has 0 spiro atoms. The number of nitrogens with one attached hydrogen (secondary N) is 1. The molecule has 8 nitrogen and oxygen atoms in total. The summed E-state index contributed by atoms with van der Waals surface area (Å²) in [5.41, 5.74) is -2.05. The number of esters is 1. The highest BCUT2D eigenvalue weighted by Crippen LogP contribution is 2.38. The number of hydrogen-bond acceptors (Lipinski definition) is 5. The minimum Gasteiger partial charge on any atom is -0.461 e. The molecule has 10 heteroatoms. The van der Waals surface area contributed by atoms with Gasteiger partial charge in [-0.15, -0.1) is 0 Å². The van der Waals surface area contributed by atoms with Gasteiger partial charge in [0.05, 0.1) is 18.5 Å². The van der Waals surface area contributed by atoms with Crippen molar-refractivity contribution in [1.82, 2.24) is 14.7 Å². The van der Waals surface area contributed by atoms with Gasteiger partial charge < -0.3 is 20.1 Å². The highest BCUT2D eigenvalue weighted by atomic mass is 19.3. The maximum atomic E-state index is 14.1. The third kappa shape index (κ3) is 3.48. The number of rotatable bonds is 4. The normalized spacial score (nSPS) is 17.5. The first-order valence-corrected chi connectivity index (χ1v) is 7.51. The van der Waals surface area contributed by atoms with Gasteiger partial charge in [-0.1, -0.05) is 0 Å². The number of carbonyl (C=O) groups excluding carboxylic acids is 2. The van der Waals surface area contributed by atoms with Gasteiger partial charge in [0.15, 0.2) is 0 Å². The predicted octanol–water partition coefficient (Wildman–Crippen LogP) is 0.977. The van der Waals surface area contributed by atoms with Crippen LogP contribution in [0.25, 0.3) is 0 Å². The Morgan fingerprint density at radius 1 is 1.46 bits per heavy atom. The predicted molar refractivity (Wildman–Crippen MR) is 79.6 cm³/mol. The first-order valence-electron chi connectivity index (χ1n) is 7.51. The molecule has 1 aromatic rings. The minimum atomic E-state index is -4.02. The van der Waals surface area contributed by atoms with Crippen LogP contribution in [0.4, 0.5) is 19.3 Å². The van der Waals surface area contributed by atoms with Crippen LogP contribution in [0.3, 0.4) is 0 Å². The van der Waals surface area contributed by atoms with Crippen molar-refractivity contribution in [3.8, 4) is 0 Å². The smallest absolute Gasteiger partial charge is 0.380 e. The van der Waals surface area contributed by atoms with Crippen LogP contribution in [-0.2, 0) is 16.6 Å². The number of aryl methyl sites for hydroxylation is 1. The van der Waals surface area contributed by atoms with E-state index >= 15 is 0 Å². The zero-order valence-corrected chi connectivity index (χ0v) is 13.5. The van der Waals surface area contributed by atoms with Crippen LogP contribution in [0.2, 0.25) is 0 Å². The second-order valence-electron chi connectivity index (χ2n) is 5.65. The number of likely N-dealkylation sites (tertiary alicyclic amines) is 1. The Bertz CT molecular complexity index is 612. The van der Waals surface area contributed by atoms with Crippen LogP contribution in [0.15, 0.2) is 12.4 Å². The maximum absolute atomic E-state index is 14.1. The van der Waals surface area contributed by atoms with Crippen LogP contribution in [-0.4, -0.2) is 63.0 Å². The van der Waals surface area contributed by atoms with Crippen LogP contribution in [0, 0.1) is 0 Å². The highest BCUT2D eigenvalue weighted by Gasteiger charge is 2.60. The number of urea groups is 1. The van der Waals surface area contributed by atoms with Crippen molar-refractivity contribution in [2.45, 2.75) is 31.3 Å². The Kier molecular flexibility index (Phi) is 5.07. The Hall–Kier alpha value is -2.23. The summed E-state index contributed by atoms with van der Waals surface area (Å²) >= 11 is 0. The minimum absolute atomic E-state index is 0.114. The maximum Gasteiger partial charge on any atom is 0.380 e. The summed E-state index contributed by atoms with van der Waals surface area (Å²) in [7, 11) is 1.69. The largest absolute Gasteiger partial charge is 0.461 e. The molecule has 0 aliphatic carbocycles. The number of piperidine rings is 1. The van der Waals surface area contributed by atoms with E-state index in [1.54, 1.807) is 13.2 Å². The lowest BCUT2D eigenvalue weighted by molar-refractivity contribution is -0.221. The van der Waals surface area contributed by atoms with Gasteiger partial charge in [-0.2, -0.15) is 13.9 Å². The lowest BCUT2D eigenvalue weighted by atomic mass is 9.85. The molecule has 2 amide bonds. The third-order valence-electron chi connectivity index (χ3n) is 3.95. The SMILES string of the molecule is CCOC(=O)C(F)(F)C1(O)CCN(C(=O)Nc2cnn(C)c2)CC1. The number of aromatic nitrogens is 2. The van der Waals surface area contributed by atoms with E-state index in [2.05, 4.69) is 15.2 Å². The first-order chi connectivity index (χ1) is 11.2. The molecule has 0 atom stereocenters. The molecule has 0 aromatic carbocycles. The first kappa shape index (κ1) is 18.1. The van der Waals surface area contributed by atoms with Crippen molar-refractivity contribution in [3.05, 3.63) is 12.4 Å². The Labute approximate surface area is 137 Å². The summed E-state index contributed by atoms with van der Waals surface area (Å²) in [4.78, 5) is 24.8. The van der Waals surface area contributed by atoms with Crippen molar-refractivity contribution in [1.29, 1.82) is 0 Å². The van der Waals surface area contributed by atoms with E-state index < -0.39 is 36.4 Å². The Morgan fingerprint density at radius 2 is 2.08 bits per heavy atom. The van der Waals surface area contributed by atoms with Gasteiger partial charge in [0.1, 0.15) is 5.60 Å².